The van der Waals surface area contributed by atoms with Gasteiger partial charge in [0.25, 0.3) is 0 Å². The highest BCUT2D eigenvalue weighted by Gasteiger charge is 2.11. The molecule has 20 heavy (non-hydrogen) atoms. The first-order valence-corrected chi connectivity index (χ1v) is 7.72. The molecule has 0 heterocycles. The smallest absolute Gasteiger partial charge is 0.133 e. The normalized spacial score (nSPS) is 12.2. The van der Waals surface area contributed by atoms with Gasteiger partial charge in [-0.25, -0.2) is 0 Å². The quantitative estimate of drug-likeness (QED) is 0.825. The third-order valence-corrected chi connectivity index (χ3v) is 3.88. The average molecular weight is 355 g/mol. The Balaban J connectivity index is 2.20. The molecular weight excluding hydrogens is 338 g/mol. The number of hydrogen-bond donors (Lipinski definition) is 1. The van der Waals surface area contributed by atoms with Crippen molar-refractivity contribution in [2.24, 2.45) is 5.73 Å². The molecule has 0 aliphatic rings. The standard InChI is InChI=1S/C16H17BrClNO/c1-2-9-20-15-8-5-12(10-14(15)17)16(19)11-3-6-13(18)7-4-11/h3-8,10,16H,2,9,19H2,1H3. The predicted molar refractivity (Wildman–Crippen MR) is 87.4 cm³/mol. The van der Waals surface area contributed by atoms with E-state index in [2.05, 4.69) is 22.9 Å². The maximum absolute atomic E-state index is 6.28. The van der Waals surface area contributed by atoms with E-state index in [1.54, 1.807) is 0 Å². The van der Waals surface area contributed by atoms with Crippen molar-refractivity contribution in [2.75, 3.05) is 6.61 Å². The van der Waals surface area contributed by atoms with Gasteiger partial charge in [-0.05, 0) is 57.7 Å². The van der Waals surface area contributed by atoms with Gasteiger partial charge >= 0.3 is 0 Å². The van der Waals surface area contributed by atoms with Crippen LogP contribution in [0.2, 0.25) is 5.02 Å². The number of benzene rings is 2. The van der Waals surface area contributed by atoms with Crippen molar-refractivity contribution in [3.8, 4) is 5.75 Å². The summed E-state index contributed by atoms with van der Waals surface area (Å²) in [5.41, 5.74) is 8.34. The number of nitrogens with two attached hydrogens (primary N) is 1. The molecule has 0 aliphatic heterocycles. The van der Waals surface area contributed by atoms with Gasteiger partial charge in [-0.1, -0.05) is 36.7 Å². The monoisotopic (exact) mass is 353 g/mol. The molecule has 2 N–H and O–H groups in total. The fourth-order valence-corrected chi connectivity index (χ4v) is 2.54. The van der Waals surface area contributed by atoms with Crippen LogP contribution < -0.4 is 10.5 Å². The molecule has 4 heteroatoms. The second kappa shape index (κ2) is 7.11. The highest BCUT2D eigenvalue weighted by molar-refractivity contribution is 9.10. The summed E-state index contributed by atoms with van der Waals surface area (Å²) in [6.07, 6.45) is 0.985. The summed E-state index contributed by atoms with van der Waals surface area (Å²) in [4.78, 5) is 0. The highest BCUT2D eigenvalue weighted by Crippen LogP contribution is 2.30. The van der Waals surface area contributed by atoms with E-state index in [9.17, 15) is 0 Å². The van der Waals surface area contributed by atoms with Crippen molar-refractivity contribution in [1.82, 2.24) is 0 Å². The Labute approximate surface area is 133 Å². The van der Waals surface area contributed by atoms with E-state index >= 15 is 0 Å². The first-order chi connectivity index (χ1) is 9.61. The number of halogens is 2. The van der Waals surface area contributed by atoms with Crippen LogP contribution >= 0.6 is 27.5 Å². The average Bonchev–Trinajstić information content (AvgIpc) is 2.46. The molecule has 0 fully saturated rings. The Kier molecular flexibility index (Phi) is 5.46. The minimum atomic E-state index is -0.177. The molecule has 0 aromatic heterocycles. The van der Waals surface area contributed by atoms with Crippen molar-refractivity contribution < 1.29 is 4.74 Å². The molecule has 0 aliphatic carbocycles. The summed E-state index contributed by atoms with van der Waals surface area (Å²) in [5, 5.41) is 0.713. The molecule has 106 valence electrons. The van der Waals surface area contributed by atoms with Crippen LogP contribution in [-0.2, 0) is 0 Å². The van der Waals surface area contributed by atoms with Crippen LogP contribution in [0.1, 0.15) is 30.5 Å². The third kappa shape index (κ3) is 3.75. The molecule has 1 atom stereocenters. The van der Waals surface area contributed by atoms with E-state index in [1.165, 1.54) is 0 Å². The van der Waals surface area contributed by atoms with Gasteiger partial charge in [-0.2, -0.15) is 0 Å². The van der Waals surface area contributed by atoms with E-state index in [1.807, 2.05) is 42.5 Å². The molecule has 2 aromatic rings. The molecule has 2 rings (SSSR count). The fraction of sp³-hybridized carbons (Fsp3) is 0.250. The van der Waals surface area contributed by atoms with Crippen LogP contribution in [0.5, 0.6) is 5.75 Å². The molecule has 2 aromatic carbocycles. The first kappa shape index (κ1) is 15.4. The number of rotatable bonds is 5. The van der Waals surface area contributed by atoms with E-state index in [0.29, 0.717) is 11.6 Å². The van der Waals surface area contributed by atoms with Crippen molar-refractivity contribution in [3.05, 3.63) is 63.1 Å². The SMILES string of the molecule is CCCOc1ccc(C(N)c2ccc(Cl)cc2)cc1Br. The van der Waals surface area contributed by atoms with Crippen LogP contribution in [0.25, 0.3) is 0 Å². The zero-order valence-corrected chi connectivity index (χ0v) is 13.6. The second-order valence-electron chi connectivity index (χ2n) is 4.57. The number of hydrogen-bond acceptors (Lipinski definition) is 2. The summed E-state index contributed by atoms with van der Waals surface area (Å²) < 4.78 is 6.56. The van der Waals surface area contributed by atoms with Crippen molar-refractivity contribution in [1.29, 1.82) is 0 Å². The largest absolute Gasteiger partial charge is 0.492 e. The van der Waals surface area contributed by atoms with Crippen LogP contribution in [0, 0.1) is 0 Å². The van der Waals surface area contributed by atoms with Crippen molar-refractivity contribution >= 4 is 27.5 Å². The molecule has 0 radical (unpaired) electrons. The molecule has 1 unspecified atom stereocenters. The summed E-state index contributed by atoms with van der Waals surface area (Å²) in [6.45, 7) is 2.79. The lowest BCUT2D eigenvalue weighted by Gasteiger charge is -2.15. The fourth-order valence-electron chi connectivity index (χ4n) is 1.90. The van der Waals surface area contributed by atoms with Crippen molar-refractivity contribution in [2.45, 2.75) is 19.4 Å². The van der Waals surface area contributed by atoms with E-state index in [0.717, 1.165) is 27.8 Å². The van der Waals surface area contributed by atoms with Gasteiger partial charge in [0.05, 0.1) is 17.1 Å². The summed E-state index contributed by atoms with van der Waals surface area (Å²) in [6, 6.07) is 13.4. The van der Waals surface area contributed by atoms with Gasteiger partial charge < -0.3 is 10.5 Å². The van der Waals surface area contributed by atoms with Gasteiger partial charge in [0.1, 0.15) is 5.75 Å². The molecule has 0 amide bonds. The van der Waals surface area contributed by atoms with E-state index < -0.39 is 0 Å². The Morgan fingerprint density at radius 1 is 1.15 bits per heavy atom. The molecular formula is C16H17BrClNO. The highest BCUT2D eigenvalue weighted by atomic mass is 79.9. The lowest BCUT2D eigenvalue weighted by atomic mass is 10.00. The summed E-state index contributed by atoms with van der Waals surface area (Å²) in [7, 11) is 0. The van der Waals surface area contributed by atoms with E-state index in [4.69, 9.17) is 22.1 Å². The van der Waals surface area contributed by atoms with Crippen LogP contribution in [0.3, 0.4) is 0 Å². The minimum Gasteiger partial charge on any atom is -0.492 e. The lowest BCUT2D eigenvalue weighted by Crippen LogP contribution is -2.11. The predicted octanol–water partition coefficient (Wildman–Crippen LogP) is 4.94. The van der Waals surface area contributed by atoms with Gasteiger partial charge in [-0.3, -0.25) is 0 Å². The Morgan fingerprint density at radius 2 is 1.80 bits per heavy atom. The minimum absolute atomic E-state index is 0.177. The maximum atomic E-state index is 6.28. The first-order valence-electron chi connectivity index (χ1n) is 6.55. The van der Waals surface area contributed by atoms with E-state index in [-0.39, 0.29) is 6.04 Å². The van der Waals surface area contributed by atoms with Crippen LogP contribution in [0.15, 0.2) is 46.9 Å². The zero-order chi connectivity index (χ0) is 14.5. The molecule has 0 saturated heterocycles. The molecule has 0 spiro atoms. The summed E-state index contributed by atoms with van der Waals surface area (Å²) >= 11 is 9.42. The van der Waals surface area contributed by atoms with Gasteiger partial charge in [0.15, 0.2) is 0 Å². The van der Waals surface area contributed by atoms with Gasteiger partial charge in [-0.15, -0.1) is 0 Å². The molecule has 0 saturated carbocycles. The van der Waals surface area contributed by atoms with Crippen LogP contribution in [0.4, 0.5) is 0 Å². The molecule has 2 nitrogen and oxygen atoms in total. The van der Waals surface area contributed by atoms with Gasteiger partial charge in [0, 0.05) is 5.02 Å². The Hall–Kier alpha value is -1.03. The van der Waals surface area contributed by atoms with Gasteiger partial charge in [0.2, 0.25) is 0 Å². The summed E-state index contributed by atoms with van der Waals surface area (Å²) in [5.74, 6) is 0.846. The third-order valence-electron chi connectivity index (χ3n) is 3.01. The lowest BCUT2D eigenvalue weighted by molar-refractivity contribution is 0.315. The Bertz CT molecular complexity index is 571. The second-order valence-corrected chi connectivity index (χ2v) is 5.86. The topological polar surface area (TPSA) is 35.2 Å². The maximum Gasteiger partial charge on any atom is 0.133 e. The number of ether oxygens (including phenoxy) is 1. The Morgan fingerprint density at radius 3 is 2.40 bits per heavy atom. The molecule has 0 bridgehead atoms. The van der Waals surface area contributed by atoms with Crippen molar-refractivity contribution in [3.63, 3.8) is 0 Å². The van der Waals surface area contributed by atoms with Crippen LogP contribution in [-0.4, -0.2) is 6.61 Å². The zero-order valence-electron chi connectivity index (χ0n) is 11.3.